The molecule has 0 radical (unpaired) electrons. The van der Waals surface area contributed by atoms with Crippen molar-refractivity contribution in [1.29, 1.82) is 0 Å². The molecule has 0 aliphatic heterocycles. The molecular weight excluding hydrogens is 300 g/mol. The van der Waals surface area contributed by atoms with Gasteiger partial charge in [0.1, 0.15) is 17.4 Å². The van der Waals surface area contributed by atoms with Crippen LogP contribution in [0.3, 0.4) is 0 Å². The van der Waals surface area contributed by atoms with Crippen LogP contribution in [0.25, 0.3) is 0 Å². The third-order valence-electron chi connectivity index (χ3n) is 2.19. The van der Waals surface area contributed by atoms with E-state index in [4.69, 9.17) is 10.5 Å². The second-order valence-corrected chi connectivity index (χ2v) is 5.29. The molecule has 0 unspecified atom stereocenters. The normalized spacial score (nSPS) is 10.5. The van der Waals surface area contributed by atoms with E-state index in [2.05, 4.69) is 20.9 Å². The molecule has 0 aliphatic rings. The molecular formula is C12H13BrN2OS. The topological polar surface area (TPSA) is 48.1 Å². The zero-order chi connectivity index (χ0) is 12.1. The average Bonchev–Trinajstić information content (AvgIpc) is 2.76. The van der Waals surface area contributed by atoms with E-state index in [1.165, 1.54) is 0 Å². The molecule has 0 bridgehead atoms. The van der Waals surface area contributed by atoms with Gasteiger partial charge in [0.05, 0.1) is 10.2 Å². The summed E-state index contributed by atoms with van der Waals surface area (Å²) in [6.45, 7) is 1.13. The van der Waals surface area contributed by atoms with Crippen LogP contribution in [0.15, 0.2) is 34.1 Å². The van der Waals surface area contributed by atoms with E-state index in [9.17, 15) is 0 Å². The van der Waals surface area contributed by atoms with Crippen molar-refractivity contribution in [3.8, 4) is 5.75 Å². The fraction of sp³-hybridized carbons (Fsp3) is 0.250. The number of para-hydroxylation sites is 1. The summed E-state index contributed by atoms with van der Waals surface area (Å²) in [6, 6.07) is 7.79. The van der Waals surface area contributed by atoms with Gasteiger partial charge >= 0.3 is 0 Å². The molecule has 2 rings (SSSR count). The molecule has 1 heterocycles. The minimum Gasteiger partial charge on any atom is -0.485 e. The van der Waals surface area contributed by atoms with Crippen LogP contribution in [0, 0.1) is 0 Å². The number of thiazole rings is 1. The first-order valence-corrected chi connectivity index (χ1v) is 6.97. The first-order chi connectivity index (χ1) is 8.29. The molecule has 17 heavy (non-hydrogen) atoms. The lowest BCUT2D eigenvalue weighted by Crippen LogP contribution is -2.03. The van der Waals surface area contributed by atoms with Crippen LogP contribution in [0.4, 0.5) is 0 Å². The molecule has 2 aromatic rings. The Bertz CT molecular complexity index is 487. The van der Waals surface area contributed by atoms with Gasteiger partial charge in [-0.2, -0.15) is 0 Å². The first-order valence-electron chi connectivity index (χ1n) is 5.30. The van der Waals surface area contributed by atoms with E-state index >= 15 is 0 Å². The monoisotopic (exact) mass is 312 g/mol. The Kier molecular flexibility index (Phi) is 4.53. The fourth-order valence-corrected chi connectivity index (χ4v) is 2.52. The lowest BCUT2D eigenvalue weighted by Gasteiger charge is -2.05. The Balaban J connectivity index is 1.95. The molecule has 3 nitrogen and oxygen atoms in total. The van der Waals surface area contributed by atoms with Crippen molar-refractivity contribution in [2.75, 3.05) is 6.54 Å². The van der Waals surface area contributed by atoms with Gasteiger partial charge in [0.2, 0.25) is 0 Å². The van der Waals surface area contributed by atoms with Crippen LogP contribution in [0.5, 0.6) is 5.75 Å². The van der Waals surface area contributed by atoms with Crippen molar-refractivity contribution < 1.29 is 4.74 Å². The number of nitrogens with two attached hydrogens (primary N) is 1. The van der Waals surface area contributed by atoms with E-state index in [1.807, 2.05) is 29.6 Å². The Morgan fingerprint density at radius 3 is 2.94 bits per heavy atom. The number of rotatable bonds is 5. The standard InChI is InChI=1S/C12H13BrN2OS/c13-10-3-1-2-4-11(10)16-7-12-15-9(5-6-14)8-17-12/h1-4,8H,5-7,14H2. The van der Waals surface area contributed by atoms with Crippen molar-refractivity contribution in [3.63, 3.8) is 0 Å². The Labute approximate surface area is 113 Å². The molecule has 0 atom stereocenters. The summed E-state index contributed by atoms with van der Waals surface area (Å²) in [5, 5.41) is 3.01. The minimum absolute atomic E-state index is 0.498. The summed E-state index contributed by atoms with van der Waals surface area (Å²) >= 11 is 5.05. The van der Waals surface area contributed by atoms with Crippen molar-refractivity contribution in [2.24, 2.45) is 5.73 Å². The van der Waals surface area contributed by atoms with Crippen molar-refractivity contribution in [2.45, 2.75) is 13.0 Å². The van der Waals surface area contributed by atoms with Gasteiger partial charge in [-0.15, -0.1) is 11.3 Å². The predicted octanol–water partition coefficient (Wildman–Crippen LogP) is 2.99. The highest BCUT2D eigenvalue weighted by molar-refractivity contribution is 9.10. The smallest absolute Gasteiger partial charge is 0.140 e. The van der Waals surface area contributed by atoms with Gasteiger partial charge in [0.25, 0.3) is 0 Å². The van der Waals surface area contributed by atoms with E-state index in [0.29, 0.717) is 13.2 Å². The lowest BCUT2D eigenvalue weighted by molar-refractivity contribution is 0.303. The van der Waals surface area contributed by atoms with Crippen LogP contribution in [0.1, 0.15) is 10.7 Å². The van der Waals surface area contributed by atoms with Gasteiger partial charge in [-0.05, 0) is 34.6 Å². The Hall–Kier alpha value is -0.910. The maximum absolute atomic E-state index is 5.68. The van der Waals surface area contributed by atoms with Crippen molar-refractivity contribution in [1.82, 2.24) is 4.98 Å². The lowest BCUT2D eigenvalue weighted by atomic mass is 10.3. The van der Waals surface area contributed by atoms with E-state index in [-0.39, 0.29) is 0 Å². The van der Waals surface area contributed by atoms with E-state index < -0.39 is 0 Å². The van der Waals surface area contributed by atoms with Crippen molar-refractivity contribution >= 4 is 27.3 Å². The number of aromatic nitrogens is 1. The zero-order valence-corrected chi connectivity index (χ0v) is 11.6. The molecule has 5 heteroatoms. The Morgan fingerprint density at radius 2 is 2.18 bits per heavy atom. The second kappa shape index (κ2) is 6.14. The number of halogens is 1. The van der Waals surface area contributed by atoms with Gasteiger partial charge in [0, 0.05) is 11.8 Å². The third kappa shape index (κ3) is 3.52. The third-order valence-corrected chi connectivity index (χ3v) is 3.71. The van der Waals surface area contributed by atoms with Gasteiger partial charge in [0.15, 0.2) is 0 Å². The molecule has 0 aliphatic carbocycles. The van der Waals surface area contributed by atoms with Crippen molar-refractivity contribution in [3.05, 3.63) is 44.8 Å². The largest absolute Gasteiger partial charge is 0.485 e. The predicted molar refractivity (Wildman–Crippen MR) is 73.3 cm³/mol. The summed E-state index contributed by atoms with van der Waals surface area (Å²) in [6.07, 6.45) is 0.825. The van der Waals surface area contributed by atoms with Crippen LogP contribution < -0.4 is 10.5 Å². The summed E-state index contributed by atoms with van der Waals surface area (Å²) in [5.74, 6) is 0.836. The molecule has 1 aromatic carbocycles. The number of nitrogens with zero attached hydrogens (tertiary/aromatic N) is 1. The van der Waals surface area contributed by atoms with E-state index in [0.717, 1.165) is 27.3 Å². The van der Waals surface area contributed by atoms with E-state index in [1.54, 1.807) is 11.3 Å². The van der Waals surface area contributed by atoms with Gasteiger partial charge < -0.3 is 10.5 Å². The van der Waals surface area contributed by atoms with Crippen LogP contribution in [0.2, 0.25) is 0 Å². The van der Waals surface area contributed by atoms with Gasteiger partial charge in [-0.1, -0.05) is 12.1 Å². The fourth-order valence-electron chi connectivity index (χ4n) is 1.38. The molecule has 0 saturated heterocycles. The van der Waals surface area contributed by atoms with Crippen LogP contribution >= 0.6 is 27.3 Å². The van der Waals surface area contributed by atoms with Gasteiger partial charge in [-0.3, -0.25) is 0 Å². The molecule has 0 saturated carbocycles. The highest BCUT2D eigenvalue weighted by Crippen LogP contribution is 2.25. The first kappa shape index (κ1) is 12.5. The molecule has 0 fully saturated rings. The summed E-state index contributed by atoms with van der Waals surface area (Å²) < 4.78 is 6.64. The maximum Gasteiger partial charge on any atom is 0.140 e. The minimum atomic E-state index is 0.498. The van der Waals surface area contributed by atoms with Crippen LogP contribution in [-0.4, -0.2) is 11.5 Å². The Morgan fingerprint density at radius 1 is 1.35 bits per heavy atom. The average molecular weight is 313 g/mol. The number of benzene rings is 1. The highest BCUT2D eigenvalue weighted by Gasteiger charge is 2.04. The molecule has 0 spiro atoms. The summed E-state index contributed by atoms with van der Waals surface area (Å²) in [5.41, 5.74) is 6.53. The zero-order valence-electron chi connectivity index (χ0n) is 9.23. The maximum atomic E-state index is 5.68. The molecule has 1 aromatic heterocycles. The van der Waals surface area contributed by atoms with Gasteiger partial charge in [-0.25, -0.2) is 4.98 Å². The second-order valence-electron chi connectivity index (χ2n) is 3.49. The number of hydrogen-bond donors (Lipinski definition) is 1. The summed E-state index contributed by atoms with van der Waals surface area (Å²) in [7, 11) is 0. The number of hydrogen-bond acceptors (Lipinski definition) is 4. The molecule has 90 valence electrons. The SMILES string of the molecule is NCCc1csc(COc2ccccc2Br)n1. The molecule has 0 amide bonds. The van der Waals surface area contributed by atoms with Crippen LogP contribution in [-0.2, 0) is 13.0 Å². The molecule has 2 N–H and O–H groups in total. The summed E-state index contributed by atoms with van der Waals surface area (Å²) in [4.78, 5) is 4.44. The highest BCUT2D eigenvalue weighted by atomic mass is 79.9. The quantitative estimate of drug-likeness (QED) is 0.923. The number of ether oxygens (including phenoxy) is 1.